The lowest BCUT2D eigenvalue weighted by molar-refractivity contribution is -0.139. The molecule has 28 heavy (non-hydrogen) atoms. The largest absolute Gasteiger partial charge is 0.480 e. The Labute approximate surface area is 162 Å². The van der Waals surface area contributed by atoms with E-state index >= 15 is 0 Å². The number of carbonyl (C=O) groups is 1. The molecule has 0 saturated carbocycles. The Bertz CT molecular complexity index is 820. The summed E-state index contributed by atoms with van der Waals surface area (Å²) >= 11 is 0. The molecule has 1 fully saturated rings. The van der Waals surface area contributed by atoms with Gasteiger partial charge in [-0.15, -0.1) is 0 Å². The predicted molar refractivity (Wildman–Crippen MR) is 102 cm³/mol. The first kappa shape index (κ1) is 20.4. The lowest BCUT2D eigenvalue weighted by atomic mass is 9.84. The number of carboxylic acid groups (broad SMARTS) is 1. The lowest BCUT2D eigenvalue weighted by Gasteiger charge is -2.37. The Balaban J connectivity index is 1.83. The van der Waals surface area contributed by atoms with Crippen LogP contribution in [0.4, 0.5) is 13.2 Å². The number of piperidine rings is 1. The van der Waals surface area contributed by atoms with Gasteiger partial charge in [0.25, 0.3) is 0 Å². The van der Waals surface area contributed by atoms with Gasteiger partial charge in [-0.2, -0.15) is 13.2 Å². The van der Waals surface area contributed by atoms with Crippen LogP contribution in [0.15, 0.2) is 48.5 Å². The zero-order valence-corrected chi connectivity index (χ0v) is 15.7. The topological polar surface area (TPSA) is 40.5 Å². The first-order valence-corrected chi connectivity index (χ1v) is 9.45. The predicted octanol–water partition coefficient (Wildman–Crippen LogP) is 5.10. The van der Waals surface area contributed by atoms with Crippen LogP contribution in [-0.2, 0) is 17.4 Å². The molecule has 1 heterocycles. The maximum Gasteiger partial charge on any atom is 0.416 e. The van der Waals surface area contributed by atoms with Crippen LogP contribution in [0.25, 0.3) is 11.1 Å². The van der Waals surface area contributed by atoms with Crippen molar-refractivity contribution < 1.29 is 23.1 Å². The number of likely N-dealkylation sites (tertiary alicyclic amines) is 1. The number of benzene rings is 2. The van der Waals surface area contributed by atoms with Crippen molar-refractivity contribution in [2.75, 3.05) is 13.1 Å². The maximum absolute atomic E-state index is 13.2. The van der Waals surface area contributed by atoms with Crippen LogP contribution >= 0.6 is 0 Å². The van der Waals surface area contributed by atoms with Crippen molar-refractivity contribution in [2.24, 2.45) is 5.92 Å². The number of alkyl halides is 3. The zero-order valence-electron chi connectivity index (χ0n) is 15.7. The Hall–Kier alpha value is -2.34. The number of halogens is 3. The van der Waals surface area contributed by atoms with Crippen LogP contribution in [0.2, 0.25) is 0 Å². The second-order valence-electron chi connectivity index (χ2n) is 7.54. The molecule has 2 atom stereocenters. The van der Waals surface area contributed by atoms with Gasteiger partial charge in [0.15, 0.2) is 0 Å². The average molecular weight is 391 g/mol. The Morgan fingerprint density at radius 2 is 1.89 bits per heavy atom. The minimum absolute atomic E-state index is 0.0312. The molecule has 1 aliphatic rings. The molecule has 2 aromatic rings. The number of aliphatic carboxylic acids is 1. The highest BCUT2D eigenvalue weighted by Crippen LogP contribution is 2.36. The van der Waals surface area contributed by atoms with Gasteiger partial charge >= 0.3 is 12.1 Å². The minimum atomic E-state index is -4.38. The summed E-state index contributed by atoms with van der Waals surface area (Å²) in [4.78, 5) is 12.9. The Kier molecular flexibility index (Phi) is 6.08. The van der Waals surface area contributed by atoms with Crippen LogP contribution in [0.1, 0.15) is 30.9 Å². The normalized spacial score (nSPS) is 20.9. The molecule has 6 heteroatoms. The quantitative estimate of drug-likeness (QED) is 0.771. The van der Waals surface area contributed by atoms with Gasteiger partial charge in [-0.1, -0.05) is 36.4 Å². The number of carboxylic acids is 1. The third-order valence-electron chi connectivity index (χ3n) is 5.49. The molecule has 2 unspecified atom stereocenters. The van der Waals surface area contributed by atoms with Crippen LogP contribution in [0, 0.1) is 5.92 Å². The van der Waals surface area contributed by atoms with E-state index in [0.717, 1.165) is 30.0 Å². The second-order valence-corrected chi connectivity index (χ2v) is 7.54. The smallest absolute Gasteiger partial charge is 0.416 e. The standard InChI is InChI=1S/C22H24F3NO2/c1-15-11-16(9-10-26(15)14-21(27)28)12-18-7-8-19(22(23,24)25)13-20(18)17-5-3-2-4-6-17/h2-8,13,15-16H,9-12,14H2,1H3,(H,27,28). The molecule has 150 valence electrons. The first-order chi connectivity index (χ1) is 13.2. The van der Waals surface area contributed by atoms with E-state index < -0.39 is 17.7 Å². The molecule has 0 aromatic heterocycles. The highest BCUT2D eigenvalue weighted by atomic mass is 19.4. The summed E-state index contributed by atoms with van der Waals surface area (Å²) in [5, 5.41) is 9.01. The van der Waals surface area contributed by atoms with Gasteiger partial charge in [0.1, 0.15) is 0 Å². The van der Waals surface area contributed by atoms with Crippen LogP contribution in [0.3, 0.4) is 0 Å². The molecule has 0 aliphatic carbocycles. The van der Waals surface area contributed by atoms with Crippen LogP contribution in [-0.4, -0.2) is 35.1 Å². The molecule has 1 N–H and O–H groups in total. The van der Waals surface area contributed by atoms with Crippen LogP contribution in [0.5, 0.6) is 0 Å². The molecule has 1 aliphatic heterocycles. The second kappa shape index (κ2) is 8.35. The van der Waals surface area contributed by atoms with E-state index in [-0.39, 0.29) is 12.6 Å². The van der Waals surface area contributed by atoms with Crippen molar-refractivity contribution in [3.05, 3.63) is 59.7 Å². The van der Waals surface area contributed by atoms with Gasteiger partial charge in [-0.25, -0.2) is 0 Å². The van der Waals surface area contributed by atoms with E-state index in [1.165, 1.54) is 6.07 Å². The van der Waals surface area contributed by atoms with Gasteiger partial charge in [0.2, 0.25) is 0 Å². The van der Waals surface area contributed by atoms with Gasteiger partial charge in [-0.3, -0.25) is 9.69 Å². The summed E-state index contributed by atoms with van der Waals surface area (Å²) in [5.74, 6) is -0.515. The fourth-order valence-electron chi connectivity index (χ4n) is 4.04. The molecule has 0 bridgehead atoms. The molecular formula is C22H24F3NO2. The monoisotopic (exact) mass is 391 g/mol. The summed E-state index contributed by atoms with van der Waals surface area (Å²) in [6, 6.07) is 13.3. The minimum Gasteiger partial charge on any atom is -0.480 e. The fraction of sp³-hybridized carbons (Fsp3) is 0.409. The van der Waals surface area contributed by atoms with E-state index in [1.807, 2.05) is 42.2 Å². The summed E-state index contributed by atoms with van der Waals surface area (Å²) in [6.07, 6.45) is -2.01. The van der Waals surface area contributed by atoms with E-state index in [9.17, 15) is 18.0 Å². The van der Waals surface area contributed by atoms with Crippen molar-refractivity contribution >= 4 is 5.97 Å². The summed E-state index contributed by atoms with van der Waals surface area (Å²) in [5.41, 5.74) is 1.67. The van der Waals surface area contributed by atoms with E-state index in [1.54, 1.807) is 6.07 Å². The Morgan fingerprint density at radius 1 is 1.18 bits per heavy atom. The van der Waals surface area contributed by atoms with Gasteiger partial charge < -0.3 is 5.11 Å². The maximum atomic E-state index is 13.2. The van der Waals surface area contributed by atoms with Crippen molar-refractivity contribution in [1.82, 2.24) is 4.90 Å². The number of hydrogen-bond acceptors (Lipinski definition) is 2. The van der Waals surface area contributed by atoms with E-state index in [0.29, 0.717) is 24.4 Å². The molecule has 2 aromatic carbocycles. The highest BCUT2D eigenvalue weighted by molar-refractivity contribution is 5.69. The zero-order chi connectivity index (χ0) is 20.3. The van der Waals surface area contributed by atoms with E-state index in [4.69, 9.17) is 5.11 Å². The van der Waals surface area contributed by atoms with Crippen molar-refractivity contribution in [2.45, 2.75) is 38.4 Å². The average Bonchev–Trinajstić information content (AvgIpc) is 2.64. The third kappa shape index (κ3) is 4.93. The van der Waals surface area contributed by atoms with Gasteiger partial charge in [-0.05, 0) is 67.5 Å². The third-order valence-corrected chi connectivity index (χ3v) is 5.49. The molecule has 1 saturated heterocycles. The van der Waals surface area contributed by atoms with Crippen LogP contribution < -0.4 is 0 Å². The molecule has 0 amide bonds. The molecule has 3 nitrogen and oxygen atoms in total. The van der Waals surface area contributed by atoms with Gasteiger partial charge in [0, 0.05) is 6.04 Å². The van der Waals surface area contributed by atoms with Crippen molar-refractivity contribution in [1.29, 1.82) is 0 Å². The number of nitrogens with zero attached hydrogens (tertiary/aromatic N) is 1. The summed E-state index contributed by atoms with van der Waals surface area (Å²) in [7, 11) is 0. The molecular weight excluding hydrogens is 367 g/mol. The molecule has 0 radical (unpaired) electrons. The SMILES string of the molecule is CC1CC(Cc2ccc(C(F)(F)F)cc2-c2ccccc2)CCN1CC(=O)O. The van der Waals surface area contributed by atoms with Crippen molar-refractivity contribution in [3.8, 4) is 11.1 Å². The number of rotatable bonds is 5. The summed E-state index contributed by atoms with van der Waals surface area (Å²) < 4.78 is 39.7. The molecule has 3 rings (SSSR count). The van der Waals surface area contributed by atoms with Crippen molar-refractivity contribution in [3.63, 3.8) is 0 Å². The van der Waals surface area contributed by atoms with E-state index in [2.05, 4.69) is 0 Å². The summed E-state index contributed by atoms with van der Waals surface area (Å²) in [6.45, 7) is 2.74. The lowest BCUT2D eigenvalue weighted by Crippen LogP contribution is -2.43. The molecule has 0 spiro atoms. The first-order valence-electron chi connectivity index (χ1n) is 9.45. The Morgan fingerprint density at radius 3 is 2.50 bits per heavy atom. The fourth-order valence-corrected chi connectivity index (χ4v) is 4.04. The number of hydrogen-bond donors (Lipinski definition) is 1. The van der Waals surface area contributed by atoms with Gasteiger partial charge in [0.05, 0.1) is 12.1 Å². The highest BCUT2D eigenvalue weighted by Gasteiger charge is 2.32.